The Balaban J connectivity index is 1.57. The number of ketones is 1. The summed E-state index contributed by atoms with van der Waals surface area (Å²) in [5.74, 6) is -0.0925. The molecule has 0 aromatic heterocycles. The van der Waals surface area contributed by atoms with Crippen molar-refractivity contribution >= 4 is 22.6 Å². The number of likely N-dealkylation sites (tertiary alicyclic amines) is 1. The molecular formula is C21H22FNO3. The third-order valence-electron chi connectivity index (χ3n) is 5.23. The Morgan fingerprint density at radius 1 is 1.12 bits per heavy atom. The number of halogens is 1. The van der Waals surface area contributed by atoms with Crippen molar-refractivity contribution < 1.29 is 18.7 Å². The second-order valence-electron chi connectivity index (χ2n) is 8.51. The highest BCUT2D eigenvalue weighted by molar-refractivity contribution is 5.94. The van der Waals surface area contributed by atoms with Crippen LogP contribution in [0.1, 0.15) is 31.9 Å². The van der Waals surface area contributed by atoms with E-state index < -0.39 is 11.0 Å². The monoisotopic (exact) mass is 355 g/mol. The Hall–Kier alpha value is -2.43. The lowest BCUT2D eigenvalue weighted by Gasteiger charge is -2.50. The van der Waals surface area contributed by atoms with E-state index >= 15 is 0 Å². The summed E-state index contributed by atoms with van der Waals surface area (Å²) in [5, 5.41) is 1.79. The normalized spacial score (nSPS) is 18.6. The van der Waals surface area contributed by atoms with Crippen LogP contribution in [0.5, 0.6) is 0 Å². The number of benzene rings is 2. The molecule has 26 heavy (non-hydrogen) atoms. The van der Waals surface area contributed by atoms with Crippen molar-refractivity contribution in [1.29, 1.82) is 0 Å². The SMILES string of the molecule is CC(C)(C)OC(=O)N1CC2(Cc3cc4cc(F)ccc4cc3CC2=O)C1. The van der Waals surface area contributed by atoms with Crippen LogP contribution in [-0.2, 0) is 22.4 Å². The maximum absolute atomic E-state index is 13.5. The van der Waals surface area contributed by atoms with Gasteiger partial charge < -0.3 is 9.64 Å². The quantitative estimate of drug-likeness (QED) is 0.720. The second kappa shape index (κ2) is 5.53. The first kappa shape index (κ1) is 17.0. The van der Waals surface area contributed by atoms with Gasteiger partial charge in [0.25, 0.3) is 0 Å². The van der Waals surface area contributed by atoms with Crippen LogP contribution >= 0.6 is 0 Å². The molecule has 4 rings (SSSR count). The van der Waals surface area contributed by atoms with Crippen molar-refractivity contribution in [3.63, 3.8) is 0 Å². The van der Waals surface area contributed by atoms with Gasteiger partial charge >= 0.3 is 6.09 Å². The Morgan fingerprint density at radius 2 is 1.81 bits per heavy atom. The Morgan fingerprint density at radius 3 is 2.50 bits per heavy atom. The van der Waals surface area contributed by atoms with E-state index in [1.165, 1.54) is 12.1 Å². The number of carbonyl (C=O) groups is 2. The van der Waals surface area contributed by atoms with Gasteiger partial charge in [0.2, 0.25) is 0 Å². The van der Waals surface area contributed by atoms with Gasteiger partial charge in [-0.2, -0.15) is 0 Å². The first-order chi connectivity index (χ1) is 12.2. The van der Waals surface area contributed by atoms with Crippen LogP contribution < -0.4 is 0 Å². The summed E-state index contributed by atoms with van der Waals surface area (Å²) in [6.45, 7) is 6.26. The Bertz CT molecular complexity index is 923. The molecule has 136 valence electrons. The molecule has 1 spiro atoms. The number of Topliss-reactive ketones (excluding diaryl/α,β-unsaturated/α-hetero) is 1. The van der Waals surface area contributed by atoms with Crippen LogP contribution in [0.3, 0.4) is 0 Å². The number of nitrogens with zero attached hydrogens (tertiary/aromatic N) is 1. The van der Waals surface area contributed by atoms with Gasteiger partial charge in [-0.1, -0.05) is 18.2 Å². The molecule has 1 heterocycles. The minimum atomic E-state index is -0.550. The van der Waals surface area contributed by atoms with Gasteiger partial charge in [0, 0.05) is 19.5 Å². The third-order valence-corrected chi connectivity index (χ3v) is 5.23. The zero-order chi connectivity index (χ0) is 18.7. The van der Waals surface area contributed by atoms with Crippen LogP contribution in [0.25, 0.3) is 10.8 Å². The molecule has 1 amide bonds. The Labute approximate surface area is 151 Å². The van der Waals surface area contributed by atoms with Gasteiger partial charge in [0.05, 0.1) is 5.41 Å². The lowest BCUT2D eigenvalue weighted by molar-refractivity contribution is -0.138. The standard InChI is InChI=1S/C21H22FNO3/c1-20(2,3)26-19(25)23-11-21(12-23)10-16-7-14-8-17(22)5-4-13(14)6-15(16)9-18(21)24/h4-8H,9-12H2,1-3H3. The minimum absolute atomic E-state index is 0.172. The summed E-state index contributed by atoms with van der Waals surface area (Å²) in [4.78, 5) is 26.5. The number of amides is 1. The molecule has 2 aromatic rings. The zero-order valence-corrected chi connectivity index (χ0v) is 15.3. The molecule has 0 atom stereocenters. The van der Waals surface area contributed by atoms with Gasteiger partial charge in [-0.05, 0) is 61.2 Å². The van der Waals surface area contributed by atoms with E-state index in [1.807, 2.05) is 32.9 Å². The molecule has 1 saturated heterocycles. The number of carbonyl (C=O) groups excluding carboxylic acids is 2. The van der Waals surface area contributed by atoms with Gasteiger partial charge in [0.15, 0.2) is 0 Å². The van der Waals surface area contributed by atoms with Crippen molar-refractivity contribution in [3.8, 4) is 0 Å². The van der Waals surface area contributed by atoms with E-state index in [-0.39, 0.29) is 17.7 Å². The molecule has 0 saturated carbocycles. The molecule has 1 aliphatic heterocycles. The molecule has 0 radical (unpaired) electrons. The lowest BCUT2D eigenvalue weighted by atomic mass is 9.65. The first-order valence-electron chi connectivity index (χ1n) is 8.88. The van der Waals surface area contributed by atoms with Crippen LogP contribution in [0.4, 0.5) is 9.18 Å². The number of hydrogen-bond donors (Lipinski definition) is 0. The van der Waals surface area contributed by atoms with Gasteiger partial charge in [0.1, 0.15) is 17.2 Å². The van der Waals surface area contributed by atoms with E-state index in [4.69, 9.17) is 4.74 Å². The second-order valence-corrected chi connectivity index (χ2v) is 8.51. The van der Waals surface area contributed by atoms with Crippen LogP contribution in [0, 0.1) is 11.2 Å². The van der Waals surface area contributed by atoms with Crippen LogP contribution in [0.2, 0.25) is 0 Å². The highest BCUT2D eigenvalue weighted by Crippen LogP contribution is 2.42. The number of rotatable bonds is 0. The maximum Gasteiger partial charge on any atom is 0.410 e. The fourth-order valence-corrected chi connectivity index (χ4v) is 3.94. The highest BCUT2D eigenvalue weighted by atomic mass is 19.1. The van der Waals surface area contributed by atoms with Gasteiger partial charge in [-0.15, -0.1) is 0 Å². The molecule has 2 aliphatic rings. The highest BCUT2D eigenvalue weighted by Gasteiger charge is 2.53. The molecular weight excluding hydrogens is 333 g/mol. The molecule has 0 N–H and O–H groups in total. The molecule has 1 aliphatic carbocycles. The molecule has 5 heteroatoms. The number of ether oxygens (including phenoxy) is 1. The first-order valence-corrected chi connectivity index (χ1v) is 8.88. The fraction of sp³-hybridized carbons (Fsp3) is 0.429. The lowest BCUT2D eigenvalue weighted by Crippen LogP contribution is -2.65. The summed E-state index contributed by atoms with van der Waals surface area (Å²) >= 11 is 0. The van der Waals surface area contributed by atoms with E-state index in [2.05, 4.69) is 0 Å². The predicted molar refractivity (Wildman–Crippen MR) is 96.6 cm³/mol. The Kier molecular flexibility index (Phi) is 3.62. The summed E-state index contributed by atoms with van der Waals surface area (Å²) in [7, 11) is 0. The van der Waals surface area contributed by atoms with E-state index in [0.29, 0.717) is 25.9 Å². The van der Waals surface area contributed by atoms with E-state index in [1.54, 1.807) is 11.0 Å². The summed E-state index contributed by atoms with van der Waals surface area (Å²) < 4.78 is 18.9. The molecule has 2 aromatic carbocycles. The molecule has 0 unspecified atom stereocenters. The van der Waals surface area contributed by atoms with Crippen molar-refractivity contribution in [2.75, 3.05) is 13.1 Å². The van der Waals surface area contributed by atoms with Crippen molar-refractivity contribution in [3.05, 3.63) is 47.3 Å². The average molecular weight is 355 g/mol. The topological polar surface area (TPSA) is 46.6 Å². The van der Waals surface area contributed by atoms with Crippen molar-refractivity contribution in [1.82, 2.24) is 4.90 Å². The van der Waals surface area contributed by atoms with E-state index in [0.717, 1.165) is 21.9 Å². The number of fused-ring (bicyclic) bond motifs is 2. The van der Waals surface area contributed by atoms with Crippen molar-refractivity contribution in [2.24, 2.45) is 5.41 Å². The van der Waals surface area contributed by atoms with Crippen LogP contribution in [0.15, 0.2) is 30.3 Å². The minimum Gasteiger partial charge on any atom is -0.444 e. The molecule has 0 bridgehead atoms. The average Bonchev–Trinajstić information content (AvgIpc) is 2.48. The predicted octanol–water partition coefficient (Wildman–Crippen LogP) is 3.88. The van der Waals surface area contributed by atoms with E-state index in [9.17, 15) is 14.0 Å². The van der Waals surface area contributed by atoms with Crippen LogP contribution in [-0.4, -0.2) is 35.5 Å². The number of hydrogen-bond acceptors (Lipinski definition) is 3. The summed E-state index contributed by atoms with van der Waals surface area (Å²) in [6.07, 6.45) is 0.583. The smallest absolute Gasteiger partial charge is 0.410 e. The maximum atomic E-state index is 13.5. The molecule has 4 nitrogen and oxygen atoms in total. The van der Waals surface area contributed by atoms with Gasteiger partial charge in [-0.25, -0.2) is 9.18 Å². The third kappa shape index (κ3) is 2.85. The summed E-state index contributed by atoms with van der Waals surface area (Å²) in [6, 6.07) is 8.67. The van der Waals surface area contributed by atoms with Crippen molar-refractivity contribution in [2.45, 2.75) is 39.2 Å². The largest absolute Gasteiger partial charge is 0.444 e. The zero-order valence-electron chi connectivity index (χ0n) is 15.3. The van der Waals surface area contributed by atoms with Gasteiger partial charge in [-0.3, -0.25) is 4.79 Å². The fourth-order valence-electron chi connectivity index (χ4n) is 3.94. The molecule has 1 fully saturated rings. The summed E-state index contributed by atoms with van der Waals surface area (Å²) in [5.41, 5.74) is 1.01.